The molecule has 3 nitrogen and oxygen atoms in total. The van der Waals surface area contributed by atoms with Gasteiger partial charge in [0, 0.05) is 11.1 Å². The van der Waals surface area contributed by atoms with E-state index in [2.05, 4.69) is 17.1 Å². The largest absolute Gasteiger partial charge is 0.246 e. The van der Waals surface area contributed by atoms with E-state index in [0.717, 1.165) is 22.5 Å². The molecule has 3 heteroatoms. The van der Waals surface area contributed by atoms with Gasteiger partial charge in [0.05, 0.1) is 0 Å². The highest BCUT2D eigenvalue weighted by Crippen LogP contribution is 2.23. The van der Waals surface area contributed by atoms with Gasteiger partial charge in [0.1, 0.15) is 0 Å². The SMILES string of the molecule is C=Cc1ccc(C2N=C(c3ccccc3)NO2)cc1. The molecule has 1 unspecified atom stereocenters. The smallest absolute Gasteiger partial charge is 0.202 e. The topological polar surface area (TPSA) is 33.6 Å². The summed E-state index contributed by atoms with van der Waals surface area (Å²) in [7, 11) is 0. The Hall–Kier alpha value is -2.39. The van der Waals surface area contributed by atoms with E-state index in [0.29, 0.717) is 0 Å². The number of rotatable bonds is 3. The maximum atomic E-state index is 5.50. The first-order valence-corrected chi connectivity index (χ1v) is 6.14. The maximum absolute atomic E-state index is 5.50. The lowest BCUT2D eigenvalue weighted by Crippen LogP contribution is -2.17. The first-order chi connectivity index (χ1) is 9.36. The highest BCUT2D eigenvalue weighted by molar-refractivity contribution is 5.98. The Kier molecular flexibility index (Phi) is 3.12. The Morgan fingerprint density at radius 3 is 2.47 bits per heavy atom. The fourth-order valence-corrected chi connectivity index (χ4v) is 1.95. The average molecular weight is 250 g/mol. The monoisotopic (exact) mass is 250 g/mol. The molecule has 94 valence electrons. The number of hydrogen-bond acceptors (Lipinski definition) is 3. The summed E-state index contributed by atoms with van der Waals surface area (Å²) in [5, 5.41) is 0. The fourth-order valence-electron chi connectivity index (χ4n) is 1.95. The molecule has 0 bridgehead atoms. The van der Waals surface area contributed by atoms with E-state index in [1.54, 1.807) is 0 Å². The van der Waals surface area contributed by atoms with E-state index in [1.807, 2.05) is 60.7 Å². The molecule has 2 aromatic carbocycles. The van der Waals surface area contributed by atoms with Gasteiger partial charge in [-0.1, -0.05) is 67.3 Å². The van der Waals surface area contributed by atoms with E-state index in [-0.39, 0.29) is 6.23 Å². The van der Waals surface area contributed by atoms with Gasteiger partial charge in [0.15, 0.2) is 5.84 Å². The summed E-state index contributed by atoms with van der Waals surface area (Å²) < 4.78 is 0. The van der Waals surface area contributed by atoms with Crippen LogP contribution in [0, 0.1) is 0 Å². The van der Waals surface area contributed by atoms with E-state index >= 15 is 0 Å². The summed E-state index contributed by atoms with van der Waals surface area (Å²) in [6.07, 6.45) is 1.52. The van der Waals surface area contributed by atoms with Gasteiger partial charge in [-0.25, -0.2) is 15.3 Å². The van der Waals surface area contributed by atoms with E-state index in [4.69, 9.17) is 4.84 Å². The van der Waals surface area contributed by atoms with Crippen LogP contribution in [0.25, 0.3) is 6.08 Å². The van der Waals surface area contributed by atoms with Crippen LogP contribution < -0.4 is 5.48 Å². The predicted octanol–water partition coefficient (Wildman–Crippen LogP) is 3.31. The van der Waals surface area contributed by atoms with Gasteiger partial charge in [-0.3, -0.25) is 0 Å². The minimum absolute atomic E-state index is 0.297. The zero-order valence-corrected chi connectivity index (χ0v) is 10.4. The molecule has 1 heterocycles. The third kappa shape index (κ3) is 2.41. The lowest BCUT2D eigenvalue weighted by Gasteiger charge is -2.05. The first-order valence-electron chi connectivity index (χ1n) is 6.14. The molecule has 0 spiro atoms. The lowest BCUT2D eigenvalue weighted by atomic mass is 10.1. The van der Waals surface area contributed by atoms with Crippen LogP contribution in [0.4, 0.5) is 0 Å². The van der Waals surface area contributed by atoms with Crippen molar-refractivity contribution in [3.8, 4) is 0 Å². The molecule has 0 radical (unpaired) electrons. The zero-order chi connectivity index (χ0) is 13.1. The van der Waals surface area contributed by atoms with Gasteiger partial charge in [-0.15, -0.1) is 0 Å². The Bertz CT molecular complexity index is 602. The molecule has 1 N–H and O–H groups in total. The Balaban J connectivity index is 1.84. The fraction of sp³-hybridized carbons (Fsp3) is 0.0625. The molecule has 1 aliphatic heterocycles. The highest BCUT2D eigenvalue weighted by atomic mass is 16.7. The van der Waals surface area contributed by atoms with Crippen molar-refractivity contribution in [2.24, 2.45) is 4.99 Å². The molecule has 0 aromatic heterocycles. The summed E-state index contributed by atoms with van der Waals surface area (Å²) in [6, 6.07) is 17.9. The molecule has 2 aromatic rings. The number of hydrogen-bond donors (Lipinski definition) is 1. The molecule has 0 saturated heterocycles. The number of aliphatic imine (C=N–C) groups is 1. The summed E-state index contributed by atoms with van der Waals surface area (Å²) in [4.78, 5) is 10.0. The quantitative estimate of drug-likeness (QED) is 0.906. The van der Waals surface area contributed by atoms with Crippen LogP contribution in [-0.2, 0) is 4.84 Å². The van der Waals surface area contributed by atoms with Gasteiger partial charge in [0.25, 0.3) is 0 Å². The standard InChI is InChI=1S/C16H14N2O/c1-2-12-8-10-14(11-9-12)16-17-15(18-19-16)13-6-4-3-5-7-13/h2-11,16H,1H2,(H,17,18). The molecule has 19 heavy (non-hydrogen) atoms. The number of nitrogens with zero attached hydrogens (tertiary/aromatic N) is 1. The molecule has 0 fully saturated rings. The number of nitrogens with one attached hydrogen (secondary N) is 1. The Labute approximate surface area is 112 Å². The minimum Gasteiger partial charge on any atom is -0.246 e. The summed E-state index contributed by atoms with van der Waals surface area (Å²) in [6.45, 7) is 3.74. The molecule has 1 aliphatic rings. The van der Waals surface area contributed by atoms with Crippen molar-refractivity contribution in [2.45, 2.75) is 6.23 Å². The van der Waals surface area contributed by atoms with Gasteiger partial charge in [-0.2, -0.15) is 0 Å². The van der Waals surface area contributed by atoms with Gasteiger partial charge >= 0.3 is 0 Å². The summed E-state index contributed by atoms with van der Waals surface area (Å²) in [5.74, 6) is 0.762. The summed E-state index contributed by atoms with van der Waals surface area (Å²) in [5.41, 5.74) is 6.00. The first kappa shape index (κ1) is 11.7. The average Bonchev–Trinajstić information content (AvgIpc) is 2.98. The Morgan fingerprint density at radius 1 is 1.05 bits per heavy atom. The molecular weight excluding hydrogens is 236 g/mol. The molecule has 0 saturated carbocycles. The lowest BCUT2D eigenvalue weighted by molar-refractivity contribution is 0.0377. The van der Waals surface area contributed by atoms with Crippen molar-refractivity contribution < 1.29 is 4.84 Å². The van der Waals surface area contributed by atoms with Gasteiger partial charge in [-0.05, 0) is 5.56 Å². The molecule has 3 rings (SSSR count). The number of hydroxylamine groups is 1. The second-order valence-corrected chi connectivity index (χ2v) is 4.29. The number of amidine groups is 1. The Morgan fingerprint density at radius 2 is 1.79 bits per heavy atom. The van der Waals surface area contributed by atoms with Crippen molar-refractivity contribution in [1.29, 1.82) is 0 Å². The maximum Gasteiger partial charge on any atom is 0.202 e. The van der Waals surface area contributed by atoms with Crippen molar-refractivity contribution in [2.75, 3.05) is 0 Å². The molecular formula is C16H14N2O. The van der Waals surface area contributed by atoms with E-state index in [1.165, 1.54) is 0 Å². The van der Waals surface area contributed by atoms with Crippen LogP contribution in [0.5, 0.6) is 0 Å². The van der Waals surface area contributed by atoms with Crippen molar-refractivity contribution in [1.82, 2.24) is 5.48 Å². The normalized spacial score (nSPS) is 17.7. The third-order valence-corrected chi connectivity index (χ3v) is 3.02. The second kappa shape index (κ2) is 5.08. The van der Waals surface area contributed by atoms with Crippen molar-refractivity contribution >= 4 is 11.9 Å². The molecule has 0 amide bonds. The number of benzene rings is 2. The van der Waals surface area contributed by atoms with Crippen molar-refractivity contribution in [3.63, 3.8) is 0 Å². The van der Waals surface area contributed by atoms with Crippen LogP contribution in [0.3, 0.4) is 0 Å². The van der Waals surface area contributed by atoms with Crippen LogP contribution >= 0.6 is 0 Å². The predicted molar refractivity (Wildman–Crippen MR) is 76.5 cm³/mol. The summed E-state index contributed by atoms with van der Waals surface area (Å²) >= 11 is 0. The minimum atomic E-state index is -0.297. The highest BCUT2D eigenvalue weighted by Gasteiger charge is 2.20. The molecule has 1 atom stereocenters. The second-order valence-electron chi connectivity index (χ2n) is 4.29. The van der Waals surface area contributed by atoms with Gasteiger partial charge in [0.2, 0.25) is 6.23 Å². The zero-order valence-electron chi connectivity index (χ0n) is 10.4. The third-order valence-electron chi connectivity index (χ3n) is 3.02. The van der Waals surface area contributed by atoms with Crippen molar-refractivity contribution in [3.05, 3.63) is 77.9 Å². The van der Waals surface area contributed by atoms with Crippen LogP contribution in [0.1, 0.15) is 22.9 Å². The van der Waals surface area contributed by atoms with Crippen LogP contribution in [0.15, 0.2) is 66.2 Å². The van der Waals surface area contributed by atoms with Crippen LogP contribution in [-0.4, -0.2) is 5.84 Å². The van der Waals surface area contributed by atoms with Gasteiger partial charge < -0.3 is 0 Å². The molecule has 0 aliphatic carbocycles. The van der Waals surface area contributed by atoms with Crippen LogP contribution in [0.2, 0.25) is 0 Å². The van der Waals surface area contributed by atoms with E-state index < -0.39 is 0 Å². The van der Waals surface area contributed by atoms with E-state index in [9.17, 15) is 0 Å².